The number of carbonyl (C=O) groups is 2. The van der Waals surface area contributed by atoms with Crippen LogP contribution in [0.1, 0.15) is 6.42 Å². The maximum atomic E-state index is 12.8. The SMILES string of the molecule is CN1C(=O)CC(N2CC3CN(S(=O)(=O)c4ccccc4)CC3C2)NC1=O. The molecule has 0 radical (unpaired) electrons. The lowest BCUT2D eigenvalue weighted by Crippen LogP contribution is -2.59. The van der Waals surface area contributed by atoms with Crippen molar-refractivity contribution in [1.29, 1.82) is 0 Å². The van der Waals surface area contributed by atoms with E-state index in [-0.39, 0.29) is 36.4 Å². The monoisotopic (exact) mass is 378 g/mol. The molecule has 3 aliphatic rings. The van der Waals surface area contributed by atoms with Crippen molar-refractivity contribution in [3.63, 3.8) is 0 Å². The highest BCUT2D eigenvalue weighted by Crippen LogP contribution is 2.35. The standard InChI is InChI=1S/C17H22N4O4S/c1-19-16(22)7-15(18-17(19)23)20-8-12-10-21(11-13(12)9-20)26(24,25)14-5-3-2-4-6-14/h2-6,12-13,15H,7-11H2,1H3,(H,18,23). The van der Waals surface area contributed by atoms with Crippen LogP contribution in [0.5, 0.6) is 0 Å². The Morgan fingerprint density at radius 2 is 1.62 bits per heavy atom. The number of imide groups is 1. The molecule has 3 unspecified atom stereocenters. The molecule has 9 heteroatoms. The molecular formula is C17H22N4O4S. The first-order chi connectivity index (χ1) is 12.4. The van der Waals surface area contributed by atoms with Gasteiger partial charge in [-0.05, 0) is 24.0 Å². The smallest absolute Gasteiger partial charge is 0.322 e. The summed E-state index contributed by atoms with van der Waals surface area (Å²) in [6.07, 6.45) is -0.0377. The molecule has 3 fully saturated rings. The largest absolute Gasteiger partial charge is 0.325 e. The predicted molar refractivity (Wildman–Crippen MR) is 93.5 cm³/mol. The van der Waals surface area contributed by atoms with E-state index in [1.807, 2.05) is 0 Å². The fourth-order valence-electron chi connectivity index (χ4n) is 4.11. The number of fused-ring (bicyclic) bond motifs is 1. The van der Waals surface area contributed by atoms with Crippen LogP contribution in [0.15, 0.2) is 35.2 Å². The normalized spacial score (nSPS) is 30.5. The van der Waals surface area contributed by atoms with Gasteiger partial charge in [0, 0.05) is 33.2 Å². The molecule has 4 rings (SSSR count). The van der Waals surface area contributed by atoms with Gasteiger partial charge in [-0.3, -0.25) is 14.6 Å². The molecule has 0 aliphatic carbocycles. The number of sulfonamides is 1. The van der Waals surface area contributed by atoms with E-state index < -0.39 is 10.0 Å². The van der Waals surface area contributed by atoms with Gasteiger partial charge >= 0.3 is 6.03 Å². The molecule has 8 nitrogen and oxygen atoms in total. The first-order valence-corrected chi connectivity index (χ1v) is 10.2. The van der Waals surface area contributed by atoms with Crippen LogP contribution in [0.3, 0.4) is 0 Å². The maximum absolute atomic E-state index is 12.8. The summed E-state index contributed by atoms with van der Waals surface area (Å²) in [4.78, 5) is 27.3. The van der Waals surface area contributed by atoms with E-state index in [1.165, 1.54) is 7.05 Å². The number of likely N-dealkylation sites (tertiary alicyclic amines) is 1. The van der Waals surface area contributed by atoms with Gasteiger partial charge in [0.25, 0.3) is 0 Å². The molecule has 0 bridgehead atoms. The Kier molecular flexibility index (Phi) is 4.25. The molecule has 0 saturated carbocycles. The molecule has 1 aromatic rings. The van der Waals surface area contributed by atoms with Gasteiger partial charge in [0.1, 0.15) is 0 Å². The third-order valence-electron chi connectivity index (χ3n) is 5.64. The third-order valence-corrected chi connectivity index (χ3v) is 7.49. The molecule has 3 heterocycles. The quantitative estimate of drug-likeness (QED) is 0.808. The van der Waals surface area contributed by atoms with Gasteiger partial charge in [0.05, 0.1) is 17.5 Å². The maximum Gasteiger partial charge on any atom is 0.325 e. The highest BCUT2D eigenvalue weighted by molar-refractivity contribution is 7.89. The highest BCUT2D eigenvalue weighted by atomic mass is 32.2. The Balaban J connectivity index is 1.42. The molecule has 3 amide bonds. The van der Waals surface area contributed by atoms with Crippen molar-refractivity contribution in [1.82, 2.24) is 19.4 Å². The van der Waals surface area contributed by atoms with Crippen LogP contribution >= 0.6 is 0 Å². The second-order valence-electron chi connectivity index (χ2n) is 7.23. The minimum Gasteiger partial charge on any atom is -0.322 e. The average Bonchev–Trinajstić information content (AvgIpc) is 3.19. The van der Waals surface area contributed by atoms with Crippen LogP contribution in [-0.4, -0.2) is 73.9 Å². The molecular weight excluding hydrogens is 356 g/mol. The topological polar surface area (TPSA) is 90.0 Å². The zero-order chi connectivity index (χ0) is 18.5. The summed E-state index contributed by atoms with van der Waals surface area (Å²) in [6.45, 7) is 2.33. The molecule has 3 atom stereocenters. The van der Waals surface area contributed by atoms with Crippen LogP contribution in [0, 0.1) is 11.8 Å². The Labute approximate surface area is 152 Å². The van der Waals surface area contributed by atoms with Crippen LogP contribution in [0.25, 0.3) is 0 Å². The summed E-state index contributed by atoms with van der Waals surface area (Å²) in [7, 11) is -1.99. The van der Waals surface area contributed by atoms with E-state index in [2.05, 4.69) is 10.2 Å². The third kappa shape index (κ3) is 2.89. The van der Waals surface area contributed by atoms with Crippen LogP contribution < -0.4 is 5.32 Å². The van der Waals surface area contributed by atoms with E-state index >= 15 is 0 Å². The Hall–Kier alpha value is -1.97. The second kappa shape index (κ2) is 6.33. The number of hydrogen-bond acceptors (Lipinski definition) is 5. The predicted octanol–water partition coefficient (Wildman–Crippen LogP) is 0.137. The van der Waals surface area contributed by atoms with Crippen molar-refractivity contribution in [2.24, 2.45) is 11.8 Å². The molecule has 0 spiro atoms. The lowest BCUT2D eigenvalue weighted by molar-refractivity contribution is -0.130. The van der Waals surface area contributed by atoms with Gasteiger partial charge < -0.3 is 5.32 Å². The summed E-state index contributed by atoms with van der Waals surface area (Å²) in [6, 6.07) is 8.12. The molecule has 3 aliphatic heterocycles. The van der Waals surface area contributed by atoms with E-state index in [1.54, 1.807) is 34.6 Å². The summed E-state index contributed by atoms with van der Waals surface area (Å²) in [5.74, 6) is 0.254. The van der Waals surface area contributed by atoms with Gasteiger partial charge in [-0.25, -0.2) is 13.2 Å². The molecule has 1 N–H and O–H groups in total. The first-order valence-electron chi connectivity index (χ1n) is 8.72. The van der Waals surface area contributed by atoms with E-state index in [4.69, 9.17) is 0 Å². The zero-order valence-electron chi connectivity index (χ0n) is 14.5. The Morgan fingerprint density at radius 1 is 1.00 bits per heavy atom. The van der Waals surface area contributed by atoms with Crippen LogP contribution in [-0.2, 0) is 14.8 Å². The number of rotatable bonds is 3. The number of carbonyl (C=O) groups excluding carboxylic acids is 2. The minimum atomic E-state index is -3.46. The number of nitrogens with one attached hydrogen (secondary N) is 1. The van der Waals surface area contributed by atoms with Crippen LogP contribution in [0.2, 0.25) is 0 Å². The van der Waals surface area contributed by atoms with E-state index in [0.29, 0.717) is 31.1 Å². The number of nitrogens with zero attached hydrogens (tertiary/aromatic N) is 3. The Morgan fingerprint density at radius 3 is 2.19 bits per heavy atom. The van der Waals surface area contributed by atoms with Crippen LogP contribution in [0.4, 0.5) is 4.79 Å². The van der Waals surface area contributed by atoms with Crippen molar-refractivity contribution in [2.75, 3.05) is 33.2 Å². The fourth-order valence-corrected chi connectivity index (χ4v) is 5.68. The molecule has 3 saturated heterocycles. The second-order valence-corrected chi connectivity index (χ2v) is 9.17. The van der Waals surface area contributed by atoms with Gasteiger partial charge in [-0.2, -0.15) is 4.31 Å². The average molecular weight is 378 g/mol. The first kappa shape index (κ1) is 17.4. The van der Waals surface area contributed by atoms with Gasteiger partial charge in [0.2, 0.25) is 15.9 Å². The van der Waals surface area contributed by atoms with Crippen molar-refractivity contribution in [2.45, 2.75) is 17.5 Å². The molecule has 1 aromatic carbocycles. The number of urea groups is 1. The molecule has 140 valence electrons. The summed E-state index contributed by atoms with van der Waals surface area (Å²) >= 11 is 0. The summed E-state index contributed by atoms with van der Waals surface area (Å²) in [5, 5.41) is 2.86. The lowest BCUT2D eigenvalue weighted by atomic mass is 10.0. The summed E-state index contributed by atoms with van der Waals surface area (Å²) in [5.41, 5.74) is 0. The molecule has 26 heavy (non-hydrogen) atoms. The number of benzene rings is 1. The van der Waals surface area contributed by atoms with E-state index in [9.17, 15) is 18.0 Å². The summed E-state index contributed by atoms with van der Waals surface area (Å²) < 4.78 is 27.1. The lowest BCUT2D eigenvalue weighted by Gasteiger charge is -2.35. The highest BCUT2D eigenvalue weighted by Gasteiger charge is 2.47. The minimum absolute atomic E-state index is 0.191. The van der Waals surface area contributed by atoms with Gasteiger partial charge in [-0.1, -0.05) is 18.2 Å². The van der Waals surface area contributed by atoms with Crippen molar-refractivity contribution in [3.8, 4) is 0 Å². The van der Waals surface area contributed by atoms with Crippen molar-refractivity contribution >= 4 is 22.0 Å². The number of hydrogen-bond donors (Lipinski definition) is 1. The fraction of sp³-hybridized carbons (Fsp3) is 0.529. The molecule has 0 aromatic heterocycles. The van der Waals surface area contributed by atoms with Gasteiger partial charge in [-0.15, -0.1) is 0 Å². The van der Waals surface area contributed by atoms with E-state index in [0.717, 1.165) is 4.90 Å². The zero-order valence-corrected chi connectivity index (χ0v) is 15.4. The van der Waals surface area contributed by atoms with Crippen molar-refractivity contribution < 1.29 is 18.0 Å². The Bertz CT molecular complexity index is 796. The van der Waals surface area contributed by atoms with Gasteiger partial charge in [0.15, 0.2) is 0 Å². The number of amides is 3. The van der Waals surface area contributed by atoms with Crippen molar-refractivity contribution in [3.05, 3.63) is 30.3 Å².